The van der Waals surface area contributed by atoms with Crippen LogP contribution in [0.3, 0.4) is 0 Å². The van der Waals surface area contributed by atoms with Crippen molar-refractivity contribution in [3.05, 3.63) is 12.1 Å². The predicted molar refractivity (Wildman–Crippen MR) is 134 cm³/mol. The third-order valence-corrected chi connectivity index (χ3v) is 8.24. The first-order valence-electron chi connectivity index (χ1n) is 13.2. The van der Waals surface area contributed by atoms with Crippen molar-refractivity contribution in [2.24, 2.45) is 17.3 Å². The molecule has 6 rings (SSSR count). The molecule has 1 heterocycles. The zero-order valence-electron chi connectivity index (χ0n) is 21.3. The van der Waals surface area contributed by atoms with Crippen molar-refractivity contribution in [1.29, 1.82) is 0 Å². The lowest BCUT2D eigenvalue weighted by Gasteiger charge is -2.61. The SMILES string of the molecule is CCOc1cc(N2CCOCC2)c(OCC)cc1NC(=O)C12C[C@H]3C[C@@H](CC(NC(C)=O)(C3)C1)C2. The second-order valence-electron chi connectivity index (χ2n) is 10.9. The summed E-state index contributed by atoms with van der Waals surface area (Å²) in [6, 6.07) is 3.91. The molecule has 4 bridgehead atoms. The van der Waals surface area contributed by atoms with Crippen molar-refractivity contribution in [3.63, 3.8) is 0 Å². The van der Waals surface area contributed by atoms with E-state index in [0.717, 1.165) is 50.2 Å². The molecule has 1 aromatic carbocycles. The van der Waals surface area contributed by atoms with Crippen LogP contribution < -0.4 is 25.0 Å². The van der Waals surface area contributed by atoms with E-state index in [1.807, 2.05) is 26.0 Å². The molecule has 0 aromatic heterocycles. The minimum absolute atomic E-state index is 0.00111. The van der Waals surface area contributed by atoms with E-state index in [1.54, 1.807) is 6.92 Å². The standard InChI is InChI=1S/C27H39N3O5/c1-4-34-23-12-22(30-6-8-33-9-7-30)24(35-5-2)11-21(23)28-25(32)26-13-19-10-20(14-26)16-27(15-19,17-26)29-18(3)31/h11-12,19-20H,4-10,13-17H2,1-3H3,(H,28,32)(H,29,31)/t19-,20-,26?,27?/m1/s1. The third-order valence-electron chi connectivity index (χ3n) is 8.24. The summed E-state index contributed by atoms with van der Waals surface area (Å²) in [7, 11) is 0. The van der Waals surface area contributed by atoms with Gasteiger partial charge in [-0.05, 0) is 64.2 Å². The lowest BCUT2D eigenvalue weighted by Crippen LogP contribution is -2.65. The number of rotatable bonds is 8. The number of anilines is 2. The summed E-state index contributed by atoms with van der Waals surface area (Å²) in [5, 5.41) is 6.50. The zero-order chi connectivity index (χ0) is 24.6. The quantitative estimate of drug-likeness (QED) is 0.583. The van der Waals surface area contributed by atoms with E-state index in [1.165, 1.54) is 6.42 Å². The monoisotopic (exact) mass is 485 g/mol. The number of hydrogen-bond acceptors (Lipinski definition) is 6. The highest BCUT2D eigenvalue weighted by atomic mass is 16.5. The Morgan fingerprint density at radius 1 is 1.03 bits per heavy atom. The van der Waals surface area contributed by atoms with Gasteiger partial charge in [0, 0.05) is 37.7 Å². The summed E-state index contributed by atoms with van der Waals surface area (Å²) >= 11 is 0. The molecule has 2 N–H and O–H groups in total. The summed E-state index contributed by atoms with van der Waals surface area (Å²) in [4.78, 5) is 28.2. The Kier molecular flexibility index (Phi) is 6.59. The van der Waals surface area contributed by atoms with Crippen LogP contribution in [0.25, 0.3) is 0 Å². The van der Waals surface area contributed by atoms with Crippen LogP contribution in [0.15, 0.2) is 12.1 Å². The van der Waals surface area contributed by atoms with Gasteiger partial charge in [0.05, 0.1) is 43.2 Å². The number of nitrogens with one attached hydrogen (secondary N) is 2. The number of carbonyl (C=O) groups excluding carboxylic acids is 2. The van der Waals surface area contributed by atoms with Gasteiger partial charge in [0.2, 0.25) is 11.8 Å². The second-order valence-corrected chi connectivity index (χ2v) is 10.9. The van der Waals surface area contributed by atoms with Gasteiger partial charge in [-0.3, -0.25) is 9.59 Å². The van der Waals surface area contributed by atoms with Gasteiger partial charge in [-0.1, -0.05) is 0 Å². The Balaban J connectivity index is 1.44. The molecule has 0 unspecified atom stereocenters. The Morgan fingerprint density at radius 3 is 2.31 bits per heavy atom. The molecule has 192 valence electrons. The fourth-order valence-electron chi connectivity index (χ4n) is 7.55. The number of nitrogens with zero attached hydrogens (tertiary/aromatic N) is 1. The zero-order valence-corrected chi connectivity index (χ0v) is 21.3. The van der Waals surface area contributed by atoms with Gasteiger partial charge in [-0.15, -0.1) is 0 Å². The topological polar surface area (TPSA) is 89.1 Å². The molecule has 1 aliphatic heterocycles. The van der Waals surface area contributed by atoms with Gasteiger partial charge in [-0.2, -0.15) is 0 Å². The first kappa shape index (κ1) is 24.2. The summed E-state index contributed by atoms with van der Waals surface area (Å²) in [5.74, 6) is 2.43. The number of ether oxygens (including phenoxy) is 3. The Morgan fingerprint density at radius 2 is 1.69 bits per heavy atom. The lowest BCUT2D eigenvalue weighted by molar-refractivity contribution is -0.148. The van der Waals surface area contributed by atoms with Crippen LogP contribution >= 0.6 is 0 Å². The molecule has 8 heteroatoms. The van der Waals surface area contributed by atoms with E-state index in [2.05, 4.69) is 15.5 Å². The van der Waals surface area contributed by atoms with Crippen molar-refractivity contribution in [2.45, 2.75) is 64.8 Å². The molecular weight excluding hydrogens is 446 g/mol. The van der Waals surface area contributed by atoms with E-state index in [9.17, 15) is 9.59 Å². The minimum Gasteiger partial charge on any atom is -0.492 e. The van der Waals surface area contributed by atoms with E-state index >= 15 is 0 Å². The highest BCUT2D eigenvalue weighted by molar-refractivity contribution is 5.98. The van der Waals surface area contributed by atoms with Crippen LogP contribution in [0.4, 0.5) is 11.4 Å². The number of carbonyl (C=O) groups is 2. The van der Waals surface area contributed by atoms with Gasteiger partial charge in [0.15, 0.2) is 0 Å². The molecular formula is C27H39N3O5. The van der Waals surface area contributed by atoms with E-state index in [-0.39, 0.29) is 17.4 Å². The van der Waals surface area contributed by atoms with Crippen molar-refractivity contribution in [2.75, 3.05) is 49.7 Å². The molecule has 8 nitrogen and oxygen atoms in total. The summed E-state index contributed by atoms with van der Waals surface area (Å²) in [6.45, 7) is 9.46. The predicted octanol–water partition coefficient (Wildman–Crippen LogP) is 3.73. The van der Waals surface area contributed by atoms with Crippen LogP contribution in [-0.4, -0.2) is 56.9 Å². The van der Waals surface area contributed by atoms with E-state index in [4.69, 9.17) is 14.2 Å². The van der Waals surface area contributed by atoms with Crippen molar-refractivity contribution in [1.82, 2.24) is 5.32 Å². The Labute approximate surface area is 208 Å². The maximum absolute atomic E-state index is 14.0. The average molecular weight is 486 g/mol. The number of amides is 2. The molecule has 5 fully saturated rings. The van der Waals surface area contributed by atoms with Crippen LogP contribution in [0, 0.1) is 17.3 Å². The Hall–Kier alpha value is -2.48. The molecule has 1 saturated heterocycles. The number of morpholine rings is 1. The molecule has 2 atom stereocenters. The Bertz CT molecular complexity index is 960. The maximum Gasteiger partial charge on any atom is 0.230 e. The van der Waals surface area contributed by atoms with Crippen molar-refractivity contribution < 1.29 is 23.8 Å². The molecule has 5 aliphatic rings. The van der Waals surface area contributed by atoms with E-state index < -0.39 is 5.41 Å². The highest BCUT2D eigenvalue weighted by Gasteiger charge is 2.61. The summed E-state index contributed by atoms with van der Waals surface area (Å²) in [6.07, 6.45) is 5.65. The van der Waals surface area contributed by atoms with Gasteiger partial charge < -0.3 is 29.7 Å². The average Bonchev–Trinajstić information content (AvgIpc) is 2.79. The maximum atomic E-state index is 14.0. The first-order valence-corrected chi connectivity index (χ1v) is 13.2. The molecule has 2 amide bonds. The smallest absolute Gasteiger partial charge is 0.230 e. The molecule has 4 aliphatic carbocycles. The number of hydrogen-bond donors (Lipinski definition) is 2. The van der Waals surface area contributed by atoms with E-state index in [0.29, 0.717) is 56.1 Å². The van der Waals surface area contributed by atoms with Gasteiger partial charge in [-0.25, -0.2) is 0 Å². The molecule has 0 radical (unpaired) electrons. The van der Waals surface area contributed by atoms with Crippen LogP contribution in [0.2, 0.25) is 0 Å². The number of benzene rings is 1. The van der Waals surface area contributed by atoms with Crippen molar-refractivity contribution in [3.8, 4) is 11.5 Å². The first-order chi connectivity index (χ1) is 16.9. The minimum atomic E-state index is -0.454. The molecule has 4 saturated carbocycles. The fraction of sp³-hybridized carbons (Fsp3) is 0.704. The normalized spacial score (nSPS) is 31.2. The summed E-state index contributed by atoms with van der Waals surface area (Å²) in [5.41, 5.74) is 0.926. The van der Waals surface area contributed by atoms with Crippen LogP contribution in [0.1, 0.15) is 59.3 Å². The van der Waals surface area contributed by atoms with Gasteiger partial charge in [0.25, 0.3) is 0 Å². The van der Waals surface area contributed by atoms with Crippen LogP contribution in [0.5, 0.6) is 11.5 Å². The highest BCUT2D eigenvalue weighted by Crippen LogP contribution is 2.62. The third kappa shape index (κ3) is 4.69. The lowest BCUT2D eigenvalue weighted by atomic mass is 9.46. The van der Waals surface area contributed by atoms with Crippen molar-refractivity contribution >= 4 is 23.2 Å². The van der Waals surface area contributed by atoms with Gasteiger partial charge in [0.1, 0.15) is 11.5 Å². The second kappa shape index (κ2) is 9.52. The van der Waals surface area contributed by atoms with Gasteiger partial charge >= 0.3 is 0 Å². The largest absolute Gasteiger partial charge is 0.492 e. The van der Waals surface area contributed by atoms with Crippen LogP contribution in [-0.2, 0) is 14.3 Å². The summed E-state index contributed by atoms with van der Waals surface area (Å²) < 4.78 is 17.6. The fourth-order valence-corrected chi connectivity index (χ4v) is 7.55. The molecule has 0 spiro atoms. The molecule has 35 heavy (non-hydrogen) atoms. The molecule has 1 aromatic rings.